The smallest absolute Gasteiger partial charge is 0.126 e. The SMILES string of the molecule is Cc1cccc(CC(C)(C)Cc2ccc(CC(C)(C)C)c(F)c2)n1. The molecule has 0 bridgehead atoms. The zero-order valence-corrected chi connectivity index (χ0v) is 15.9. The van der Waals surface area contributed by atoms with Gasteiger partial charge in [0.15, 0.2) is 0 Å². The van der Waals surface area contributed by atoms with Crippen molar-refractivity contribution in [3.8, 4) is 0 Å². The van der Waals surface area contributed by atoms with Gasteiger partial charge in [-0.05, 0) is 66.3 Å². The minimum atomic E-state index is -0.0769. The van der Waals surface area contributed by atoms with E-state index in [4.69, 9.17) is 0 Å². The molecule has 1 nitrogen and oxygen atoms in total. The van der Waals surface area contributed by atoms with Crippen molar-refractivity contribution in [2.24, 2.45) is 10.8 Å². The average Bonchev–Trinajstić information content (AvgIpc) is 2.39. The molecular weight excluding hydrogens is 297 g/mol. The zero-order valence-electron chi connectivity index (χ0n) is 15.9. The second kappa shape index (κ2) is 7.04. The van der Waals surface area contributed by atoms with Crippen LogP contribution < -0.4 is 0 Å². The Bertz CT molecular complexity index is 695. The Labute approximate surface area is 146 Å². The van der Waals surface area contributed by atoms with E-state index in [2.05, 4.69) is 57.8 Å². The Morgan fingerprint density at radius 1 is 0.917 bits per heavy atom. The van der Waals surface area contributed by atoms with Crippen LogP contribution in [0.2, 0.25) is 0 Å². The molecule has 0 fully saturated rings. The van der Waals surface area contributed by atoms with Gasteiger partial charge in [0.05, 0.1) is 0 Å². The molecule has 2 aromatic rings. The van der Waals surface area contributed by atoms with Crippen LogP contribution in [0.1, 0.15) is 57.1 Å². The molecule has 0 saturated carbocycles. The standard InChI is InChI=1S/C22H30FN/c1-16-8-7-9-19(24-16)15-22(5,6)13-17-10-11-18(20(23)12-17)14-21(2,3)4/h7-12H,13-15H2,1-6H3. The highest BCUT2D eigenvalue weighted by atomic mass is 19.1. The van der Waals surface area contributed by atoms with Gasteiger partial charge in [0.2, 0.25) is 0 Å². The average molecular weight is 327 g/mol. The van der Waals surface area contributed by atoms with Gasteiger partial charge in [-0.15, -0.1) is 0 Å². The van der Waals surface area contributed by atoms with Crippen LogP contribution in [0, 0.1) is 23.6 Å². The van der Waals surface area contributed by atoms with Crippen molar-refractivity contribution in [1.82, 2.24) is 4.98 Å². The van der Waals surface area contributed by atoms with Gasteiger partial charge in [0.1, 0.15) is 5.82 Å². The third kappa shape index (κ3) is 5.74. The molecule has 0 aliphatic carbocycles. The van der Waals surface area contributed by atoms with Crippen LogP contribution in [-0.4, -0.2) is 4.98 Å². The molecule has 0 N–H and O–H groups in total. The van der Waals surface area contributed by atoms with Crippen molar-refractivity contribution in [2.45, 2.75) is 60.8 Å². The minimum absolute atomic E-state index is 0.0405. The number of aromatic nitrogens is 1. The predicted molar refractivity (Wildman–Crippen MR) is 99.7 cm³/mol. The molecular formula is C22H30FN. The highest BCUT2D eigenvalue weighted by molar-refractivity contribution is 5.26. The maximum atomic E-state index is 14.4. The van der Waals surface area contributed by atoms with Crippen molar-refractivity contribution in [2.75, 3.05) is 0 Å². The van der Waals surface area contributed by atoms with Gasteiger partial charge in [-0.2, -0.15) is 0 Å². The first kappa shape index (κ1) is 18.6. The monoisotopic (exact) mass is 327 g/mol. The van der Waals surface area contributed by atoms with Gasteiger partial charge in [-0.3, -0.25) is 4.98 Å². The fourth-order valence-electron chi connectivity index (χ4n) is 3.22. The molecule has 24 heavy (non-hydrogen) atoms. The van der Waals surface area contributed by atoms with E-state index in [1.54, 1.807) is 6.07 Å². The number of rotatable bonds is 5. The summed E-state index contributed by atoms with van der Waals surface area (Å²) in [6.45, 7) is 12.9. The summed E-state index contributed by atoms with van der Waals surface area (Å²) in [5.41, 5.74) is 4.15. The molecule has 0 spiro atoms. The highest BCUT2D eigenvalue weighted by Gasteiger charge is 2.21. The number of pyridine rings is 1. The molecule has 1 heterocycles. The summed E-state index contributed by atoms with van der Waals surface area (Å²) >= 11 is 0. The quantitative estimate of drug-likeness (QED) is 0.663. The lowest BCUT2D eigenvalue weighted by Crippen LogP contribution is -2.19. The molecule has 2 heteroatoms. The van der Waals surface area contributed by atoms with Gasteiger partial charge in [-0.25, -0.2) is 4.39 Å². The van der Waals surface area contributed by atoms with Crippen molar-refractivity contribution in [1.29, 1.82) is 0 Å². The Hall–Kier alpha value is -1.70. The van der Waals surface area contributed by atoms with Crippen LogP contribution in [0.25, 0.3) is 0 Å². The summed E-state index contributed by atoms with van der Waals surface area (Å²) in [6, 6.07) is 11.9. The van der Waals surface area contributed by atoms with E-state index in [0.29, 0.717) is 0 Å². The normalized spacial score (nSPS) is 12.5. The molecule has 130 valence electrons. The summed E-state index contributed by atoms with van der Waals surface area (Å²) in [7, 11) is 0. The third-order valence-electron chi connectivity index (χ3n) is 4.13. The molecule has 0 saturated heterocycles. The zero-order chi connectivity index (χ0) is 18.0. The lowest BCUT2D eigenvalue weighted by atomic mass is 9.80. The molecule has 0 unspecified atom stereocenters. The first-order valence-electron chi connectivity index (χ1n) is 8.74. The molecule has 0 atom stereocenters. The van der Waals surface area contributed by atoms with Crippen LogP contribution >= 0.6 is 0 Å². The number of hydrogen-bond acceptors (Lipinski definition) is 1. The van der Waals surface area contributed by atoms with Crippen LogP contribution in [0.3, 0.4) is 0 Å². The first-order valence-corrected chi connectivity index (χ1v) is 8.74. The number of aryl methyl sites for hydroxylation is 1. The van der Waals surface area contributed by atoms with Crippen LogP contribution in [0.15, 0.2) is 36.4 Å². The predicted octanol–water partition coefficient (Wildman–Crippen LogP) is 5.93. The Morgan fingerprint density at radius 3 is 2.21 bits per heavy atom. The van der Waals surface area contributed by atoms with Crippen LogP contribution in [0.5, 0.6) is 0 Å². The van der Waals surface area contributed by atoms with Crippen molar-refractivity contribution in [3.63, 3.8) is 0 Å². The van der Waals surface area contributed by atoms with Gasteiger partial charge in [-0.1, -0.05) is 52.8 Å². The molecule has 0 amide bonds. The van der Waals surface area contributed by atoms with Gasteiger partial charge in [0, 0.05) is 11.4 Å². The van der Waals surface area contributed by atoms with E-state index in [9.17, 15) is 4.39 Å². The minimum Gasteiger partial charge on any atom is -0.258 e. The van der Waals surface area contributed by atoms with Gasteiger partial charge >= 0.3 is 0 Å². The number of nitrogens with zero attached hydrogens (tertiary/aromatic N) is 1. The number of benzene rings is 1. The summed E-state index contributed by atoms with van der Waals surface area (Å²) < 4.78 is 14.4. The first-order chi connectivity index (χ1) is 11.0. The fourth-order valence-corrected chi connectivity index (χ4v) is 3.22. The molecule has 0 radical (unpaired) electrons. The highest BCUT2D eigenvalue weighted by Crippen LogP contribution is 2.28. The van der Waals surface area contributed by atoms with Crippen LogP contribution in [0.4, 0.5) is 4.39 Å². The second-order valence-electron chi connectivity index (χ2n) is 8.95. The molecule has 0 aliphatic rings. The Morgan fingerprint density at radius 2 is 1.62 bits per heavy atom. The Balaban J connectivity index is 2.10. The second-order valence-corrected chi connectivity index (χ2v) is 8.95. The molecule has 0 aliphatic heterocycles. The fraction of sp³-hybridized carbons (Fsp3) is 0.500. The maximum Gasteiger partial charge on any atom is 0.126 e. The molecule has 2 rings (SSSR count). The Kier molecular flexibility index (Phi) is 5.47. The van der Waals surface area contributed by atoms with Gasteiger partial charge < -0.3 is 0 Å². The number of halogens is 1. The lowest BCUT2D eigenvalue weighted by molar-refractivity contribution is 0.355. The summed E-state index contributed by atoms with van der Waals surface area (Å²) in [5.74, 6) is -0.0769. The van der Waals surface area contributed by atoms with Crippen LogP contribution in [-0.2, 0) is 19.3 Å². The summed E-state index contributed by atoms with van der Waals surface area (Å²) in [4.78, 5) is 4.60. The maximum absolute atomic E-state index is 14.4. The van der Waals surface area contributed by atoms with E-state index in [-0.39, 0.29) is 16.6 Å². The van der Waals surface area contributed by atoms with Crippen molar-refractivity contribution in [3.05, 3.63) is 64.7 Å². The summed E-state index contributed by atoms with van der Waals surface area (Å²) in [5, 5.41) is 0. The van der Waals surface area contributed by atoms with Gasteiger partial charge in [0.25, 0.3) is 0 Å². The molecule has 1 aromatic heterocycles. The van der Waals surface area contributed by atoms with E-state index in [1.165, 1.54) is 0 Å². The number of hydrogen-bond donors (Lipinski definition) is 0. The van der Waals surface area contributed by atoms with E-state index in [1.807, 2.05) is 19.1 Å². The largest absolute Gasteiger partial charge is 0.258 e. The van der Waals surface area contributed by atoms with Crippen molar-refractivity contribution >= 4 is 0 Å². The third-order valence-corrected chi connectivity index (χ3v) is 4.13. The molecule has 1 aromatic carbocycles. The van der Waals surface area contributed by atoms with E-state index in [0.717, 1.165) is 41.8 Å². The topological polar surface area (TPSA) is 12.9 Å². The van der Waals surface area contributed by atoms with E-state index >= 15 is 0 Å². The lowest BCUT2D eigenvalue weighted by Gasteiger charge is -2.25. The van der Waals surface area contributed by atoms with E-state index < -0.39 is 0 Å². The summed E-state index contributed by atoms with van der Waals surface area (Å²) in [6.07, 6.45) is 2.49. The van der Waals surface area contributed by atoms with Crippen molar-refractivity contribution < 1.29 is 4.39 Å².